The zero-order chi connectivity index (χ0) is 9.46. The molecule has 12 heavy (non-hydrogen) atoms. The lowest BCUT2D eigenvalue weighted by molar-refractivity contribution is -0.137. The third kappa shape index (κ3) is 1.33. The molecule has 1 saturated carbocycles. The number of nitrogens with two attached hydrogens (primary N) is 2. The van der Waals surface area contributed by atoms with Crippen molar-refractivity contribution in [2.75, 3.05) is 0 Å². The third-order valence-corrected chi connectivity index (χ3v) is 2.28. The molecule has 1 rings (SSSR count). The molecule has 4 atom stereocenters. The molecule has 0 heterocycles. The predicted molar refractivity (Wildman–Crippen MR) is 40.0 cm³/mol. The van der Waals surface area contributed by atoms with Gasteiger partial charge in [-0.05, 0) is 0 Å². The van der Waals surface area contributed by atoms with E-state index in [1.807, 2.05) is 0 Å². The Morgan fingerprint density at radius 1 is 0.583 bits per heavy atom. The molecule has 1 fully saturated rings. The van der Waals surface area contributed by atoms with Gasteiger partial charge in [0.1, 0.15) is 18.3 Å². The number of hydrogen-bond acceptors (Lipinski definition) is 6. The molecule has 0 bridgehead atoms. The molecule has 0 aliphatic heterocycles. The highest BCUT2D eigenvalue weighted by molar-refractivity contribution is 5.02. The van der Waals surface area contributed by atoms with E-state index in [1.165, 1.54) is 0 Å². The first-order valence-electron chi connectivity index (χ1n) is 3.70. The van der Waals surface area contributed by atoms with Crippen LogP contribution in [0.2, 0.25) is 0 Å². The Morgan fingerprint density at radius 3 is 1.25 bits per heavy atom. The lowest BCUT2D eigenvalue weighted by atomic mass is 9.82. The van der Waals surface area contributed by atoms with Crippen molar-refractivity contribution in [3.63, 3.8) is 0 Å². The Hall–Kier alpha value is -0.240. The van der Waals surface area contributed by atoms with Crippen molar-refractivity contribution < 1.29 is 20.4 Å². The summed E-state index contributed by atoms with van der Waals surface area (Å²) in [5, 5.41) is 36.7. The Balaban J connectivity index is 2.76. The molecule has 72 valence electrons. The van der Waals surface area contributed by atoms with Crippen LogP contribution in [0.15, 0.2) is 0 Å². The quantitative estimate of drug-likeness (QED) is 0.224. The van der Waals surface area contributed by atoms with Gasteiger partial charge in [0.25, 0.3) is 0 Å². The van der Waals surface area contributed by atoms with Crippen LogP contribution < -0.4 is 11.5 Å². The van der Waals surface area contributed by atoms with E-state index in [9.17, 15) is 5.11 Å². The van der Waals surface area contributed by atoms with E-state index in [1.54, 1.807) is 0 Å². The smallest absolute Gasteiger partial charge is 0.109 e. The van der Waals surface area contributed by atoms with Gasteiger partial charge in [-0.25, -0.2) is 0 Å². The standard InChI is InChI=1S/C6H14N2O4/c7-1-3(9)2(8)5(11)6(12)4(1)10/h1-6,9-12H,7-8H2. The summed E-state index contributed by atoms with van der Waals surface area (Å²) < 4.78 is 0. The van der Waals surface area contributed by atoms with Crippen molar-refractivity contribution in [2.24, 2.45) is 11.5 Å². The lowest BCUT2D eigenvalue weighted by Crippen LogP contribution is -2.69. The van der Waals surface area contributed by atoms with Crippen LogP contribution in [0.5, 0.6) is 0 Å². The van der Waals surface area contributed by atoms with Crippen molar-refractivity contribution in [1.82, 2.24) is 0 Å². The van der Waals surface area contributed by atoms with E-state index in [0.29, 0.717) is 0 Å². The Morgan fingerprint density at radius 2 is 0.917 bits per heavy atom. The molecule has 8 N–H and O–H groups in total. The van der Waals surface area contributed by atoms with Crippen LogP contribution in [0.1, 0.15) is 0 Å². The van der Waals surface area contributed by atoms with Crippen molar-refractivity contribution in [2.45, 2.75) is 36.5 Å². The molecule has 0 aromatic rings. The number of rotatable bonds is 0. The highest BCUT2D eigenvalue weighted by Gasteiger charge is 2.45. The maximum absolute atomic E-state index is 9.22. The van der Waals surface area contributed by atoms with Gasteiger partial charge in [0.2, 0.25) is 0 Å². The minimum absolute atomic E-state index is 1.02. The summed E-state index contributed by atoms with van der Waals surface area (Å²) in [6.07, 6.45) is -5.26. The topological polar surface area (TPSA) is 133 Å². The third-order valence-electron chi connectivity index (χ3n) is 2.28. The van der Waals surface area contributed by atoms with Crippen LogP contribution in [0, 0.1) is 0 Å². The van der Waals surface area contributed by atoms with Crippen molar-refractivity contribution >= 4 is 0 Å². The summed E-state index contributed by atoms with van der Waals surface area (Å²) in [5.74, 6) is 0. The van der Waals surface area contributed by atoms with Gasteiger partial charge in [-0.1, -0.05) is 0 Å². The second-order valence-corrected chi connectivity index (χ2v) is 3.12. The minimum Gasteiger partial charge on any atom is -0.390 e. The number of aliphatic hydroxyl groups excluding tert-OH is 4. The molecule has 6 heteroatoms. The van der Waals surface area contributed by atoms with Crippen molar-refractivity contribution in [3.05, 3.63) is 0 Å². The predicted octanol–water partition coefficient (Wildman–Crippen LogP) is -3.90. The van der Waals surface area contributed by atoms with Crippen molar-refractivity contribution in [3.8, 4) is 0 Å². The maximum Gasteiger partial charge on any atom is 0.109 e. The molecular weight excluding hydrogens is 164 g/mol. The molecule has 4 unspecified atom stereocenters. The van der Waals surface area contributed by atoms with Crippen LogP contribution in [-0.4, -0.2) is 56.9 Å². The van der Waals surface area contributed by atoms with Crippen LogP contribution in [0.25, 0.3) is 0 Å². The van der Waals surface area contributed by atoms with E-state index >= 15 is 0 Å². The second-order valence-electron chi connectivity index (χ2n) is 3.12. The molecule has 0 spiro atoms. The second kappa shape index (κ2) is 3.25. The molecule has 6 nitrogen and oxygen atoms in total. The molecule has 1 aliphatic rings. The summed E-state index contributed by atoms with van der Waals surface area (Å²) in [7, 11) is 0. The largest absolute Gasteiger partial charge is 0.390 e. The monoisotopic (exact) mass is 178 g/mol. The average Bonchev–Trinajstić information content (AvgIpc) is 2.08. The first-order chi connectivity index (χ1) is 5.46. The normalized spacial score (nSPS) is 55.5. The van der Waals surface area contributed by atoms with Gasteiger partial charge >= 0.3 is 0 Å². The van der Waals surface area contributed by atoms with Crippen LogP contribution >= 0.6 is 0 Å². The molecule has 0 amide bonds. The average molecular weight is 178 g/mol. The highest BCUT2D eigenvalue weighted by Crippen LogP contribution is 2.18. The van der Waals surface area contributed by atoms with Gasteiger partial charge in [-0.15, -0.1) is 0 Å². The molecule has 0 aromatic heterocycles. The summed E-state index contributed by atoms with van der Waals surface area (Å²) in [6, 6.07) is -2.03. The van der Waals surface area contributed by atoms with E-state index in [-0.39, 0.29) is 0 Å². The van der Waals surface area contributed by atoms with E-state index < -0.39 is 36.5 Å². The molecule has 0 radical (unpaired) electrons. The van der Waals surface area contributed by atoms with Gasteiger partial charge in [-0.3, -0.25) is 0 Å². The molecule has 0 aromatic carbocycles. The SMILES string of the molecule is NC1C(O)C(N)C(O)C(O)C1O. The van der Waals surface area contributed by atoms with Gasteiger partial charge in [0.15, 0.2) is 0 Å². The van der Waals surface area contributed by atoms with Gasteiger partial charge in [0, 0.05) is 0 Å². The van der Waals surface area contributed by atoms with E-state index in [2.05, 4.69) is 0 Å². The maximum atomic E-state index is 9.22. The first-order valence-corrected chi connectivity index (χ1v) is 3.70. The van der Waals surface area contributed by atoms with Crippen LogP contribution in [-0.2, 0) is 0 Å². The van der Waals surface area contributed by atoms with Crippen molar-refractivity contribution in [1.29, 1.82) is 0 Å². The van der Waals surface area contributed by atoms with E-state index in [4.69, 9.17) is 26.8 Å². The van der Waals surface area contributed by atoms with Crippen LogP contribution in [0.3, 0.4) is 0 Å². The summed E-state index contributed by atoms with van der Waals surface area (Å²) >= 11 is 0. The Bertz CT molecular complexity index is 109. The highest BCUT2D eigenvalue weighted by atomic mass is 16.4. The van der Waals surface area contributed by atoms with Gasteiger partial charge < -0.3 is 31.9 Å². The zero-order valence-corrected chi connectivity index (χ0v) is 6.41. The Kier molecular flexibility index (Phi) is 2.67. The first kappa shape index (κ1) is 9.85. The number of aliphatic hydroxyl groups is 4. The summed E-state index contributed by atoms with van der Waals surface area (Å²) in [4.78, 5) is 0. The van der Waals surface area contributed by atoms with Crippen LogP contribution in [0.4, 0.5) is 0 Å². The van der Waals surface area contributed by atoms with E-state index in [0.717, 1.165) is 0 Å². The number of hydrogen-bond donors (Lipinski definition) is 6. The summed E-state index contributed by atoms with van der Waals surface area (Å²) in [5.41, 5.74) is 10.6. The fraction of sp³-hybridized carbons (Fsp3) is 1.00. The molecule has 1 aliphatic carbocycles. The zero-order valence-electron chi connectivity index (χ0n) is 6.41. The fourth-order valence-electron chi connectivity index (χ4n) is 1.32. The molecular formula is C6H14N2O4. The minimum atomic E-state index is -1.39. The fourth-order valence-corrected chi connectivity index (χ4v) is 1.32. The van der Waals surface area contributed by atoms with Gasteiger partial charge in [-0.2, -0.15) is 0 Å². The lowest BCUT2D eigenvalue weighted by Gasteiger charge is -2.40. The summed E-state index contributed by atoms with van der Waals surface area (Å²) in [6.45, 7) is 0. The van der Waals surface area contributed by atoms with Gasteiger partial charge in [0.05, 0.1) is 18.2 Å². The Labute approximate surface area is 69.4 Å². The molecule has 0 saturated heterocycles.